The molecule has 0 saturated carbocycles. The Morgan fingerprint density at radius 1 is 1.11 bits per heavy atom. The van der Waals surface area contributed by atoms with Gasteiger partial charge < -0.3 is 15.0 Å². The van der Waals surface area contributed by atoms with E-state index in [0.717, 1.165) is 31.0 Å². The molecular formula is C22H30N4O2. The molecule has 1 aliphatic rings. The second-order valence-electron chi connectivity index (χ2n) is 7.75. The molecule has 3 rings (SSSR count). The lowest BCUT2D eigenvalue weighted by atomic mass is 10.1. The Balaban J connectivity index is 1.52. The highest BCUT2D eigenvalue weighted by atomic mass is 16.5. The van der Waals surface area contributed by atoms with Crippen LogP contribution in [0.15, 0.2) is 42.6 Å². The fourth-order valence-corrected chi connectivity index (χ4v) is 3.50. The number of aromatic nitrogens is 1. The van der Waals surface area contributed by atoms with Crippen LogP contribution in [-0.4, -0.2) is 55.2 Å². The molecule has 1 aliphatic heterocycles. The third-order valence-corrected chi connectivity index (χ3v) is 4.84. The number of hydrogen-bond donors (Lipinski definition) is 1. The Labute approximate surface area is 167 Å². The molecule has 2 unspecified atom stereocenters. The molecule has 1 saturated heterocycles. The molecule has 0 radical (unpaired) electrons. The van der Waals surface area contributed by atoms with Crippen molar-refractivity contribution < 1.29 is 9.53 Å². The van der Waals surface area contributed by atoms with Crippen molar-refractivity contribution >= 4 is 11.7 Å². The summed E-state index contributed by atoms with van der Waals surface area (Å²) in [6.45, 7) is 7.44. The molecule has 1 fully saturated rings. The van der Waals surface area contributed by atoms with Crippen LogP contribution in [0.3, 0.4) is 0 Å². The average molecular weight is 383 g/mol. The first-order chi connectivity index (χ1) is 13.4. The maximum atomic E-state index is 12.4. The van der Waals surface area contributed by atoms with Crippen molar-refractivity contribution in [1.82, 2.24) is 15.2 Å². The van der Waals surface area contributed by atoms with Gasteiger partial charge in [0.05, 0.1) is 12.2 Å². The Bertz CT molecular complexity index is 764. The number of morpholine rings is 1. The van der Waals surface area contributed by atoms with Gasteiger partial charge in [-0.25, -0.2) is 4.98 Å². The predicted molar refractivity (Wildman–Crippen MR) is 111 cm³/mol. The molecule has 2 atom stereocenters. The monoisotopic (exact) mass is 382 g/mol. The minimum Gasteiger partial charge on any atom is -0.373 e. The summed E-state index contributed by atoms with van der Waals surface area (Å²) in [5, 5.41) is 2.96. The Kier molecular flexibility index (Phi) is 6.65. The van der Waals surface area contributed by atoms with Crippen LogP contribution in [0.5, 0.6) is 0 Å². The molecule has 2 aromatic rings. The maximum absolute atomic E-state index is 12.4. The van der Waals surface area contributed by atoms with E-state index in [1.54, 1.807) is 6.20 Å². The van der Waals surface area contributed by atoms with Crippen LogP contribution in [0.1, 0.15) is 35.3 Å². The van der Waals surface area contributed by atoms with E-state index in [4.69, 9.17) is 4.74 Å². The number of nitrogens with one attached hydrogen (secondary N) is 1. The highest BCUT2D eigenvalue weighted by Crippen LogP contribution is 2.15. The number of anilines is 1. The number of amides is 1. The van der Waals surface area contributed by atoms with E-state index in [-0.39, 0.29) is 18.1 Å². The van der Waals surface area contributed by atoms with Crippen molar-refractivity contribution in [3.05, 3.63) is 59.3 Å². The zero-order chi connectivity index (χ0) is 20.1. The summed E-state index contributed by atoms with van der Waals surface area (Å²) in [6, 6.07) is 11.8. The van der Waals surface area contributed by atoms with E-state index < -0.39 is 0 Å². The van der Waals surface area contributed by atoms with Gasteiger partial charge in [-0.3, -0.25) is 9.69 Å². The Morgan fingerprint density at radius 3 is 2.32 bits per heavy atom. The minimum absolute atomic E-state index is 0.0724. The number of rotatable bonds is 6. The van der Waals surface area contributed by atoms with Gasteiger partial charge in [0, 0.05) is 52.0 Å². The summed E-state index contributed by atoms with van der Waals surface area (Å²) in [5.41, 5.74) is 2.86. The normalized spacial score (nSPS) is 20.0. The van der Waals surface area contributed by atoms with Crippen molar-refractivity contribution in [3.8, 4) is 0 Å². The summed E-state index contributed by atoms with van der Waals surface area (Å²) in [4.78, 5) is 21.1. The Morgan fingerprint density at radius 2 is 1.75 bits per heavy atom. The van der Waals surface area contributed by atoms with Gasteiger partial charge in [0.25, 0.3) is 5.91 Å². The van der Waals surface area contributed by atoms with Crippen LogP contribution in [0.4, 0.5) is 5.82 Å². The summed E-state index contributed by atoms with van der Waals surface area (Å²) in [7, 11) is 3.90. The van der Waals surface area contributed by atoms with E-state index in [2.05, 4.69) is 29.0 Å². The zero-order valence-corrected chi connectivity index (χ0v) is 17.2. The number of nitrogens with zero attached hydrogens (tertiary/aromatic N) is 3. The van der Waals surface area contributed by atoms with Crippen molar-refractivity contribution in [2.75, 3.05) is 32.1 Å². The number of benzene rings is 1. The van der Waals surface area contributed by atoms with Gasteiger partial charge in [0.15, 0.2) is 0 Å². The third kappa shape index (κ3) is 5.53. The van der Waals surface area contributed by atoms with Crippen LogP contribution in [-0.2, 0) is 17.8 Å². The standard InChI is InChI=1S/C22H30N4O2/c1-16-13-26(14-17(2)28-16)15-18-5-8-20(9-6-18)22(27)24-12-19-7-10-21(23-11-19)25(3)4/h5-11,16-17H,12-15H2,1-4H3,(H,24,27). The number of pyridine rings is 1. The molecule has 2 heterocycles. The number of ether oxygens (including phenoxy) is 1. The molecule has 1 aromatic heterocycles. The number of carbonyl (C=O) groups excluding carboxylic acids is 1. The smallest absolute Gasteiger partial charge is 0.251 e. The van der Waals surface area contributed by atoms with Gasteiger partial charge >= 0.3 is 0 Å². The van der Waals surface area contributed by atoms with Gasteiger partial charge in [0.1, 0.15) is 5.82 Å². The molecule has 6 heteroatoms. The zero-order valence-electron chi connectivity index (χ0n) is 17.2. The first-order valence-electron chi connectivity index (χ1n) is 9.78. The van der Waals surface area contributed by atoms with Gasteiger partial charge in [-0.2, -0.15) is 0 Å². The summed E-state index contributed by atoms with van der Waals surface area (Å²) < 4.78 is 5.78. The molecule has 28 heavy (non-hydrogen) atoms. The highest BCUT2D eigenvalue weighted by Gasteiger charge is 2.22. The Hall–Kier alpha value is -2.44. The number of carbonyl (C=O) groups is 1. The van der Waals surface area contributed by atoms with E-state index in [9.17, 15) is 4.79 Å². The largest absolute Gasteiger partial charge is 0.373 e. The van der Waals surface area contributed by atoms with Crippen molar-refractivity contribution in [2.24, 2.45) is 0 Å². The topological polar surface area (TPSA) is 57.7 Å². The lowest BCUT2D eigenvalue weighted by molar-refractivity contribution is -0.0704. The van der Waals surface area contributed by atoms with Crippen molar-refractivity contribution in [2.45, 2.75) is 39.1 Å². The summed E-state index contributed by atoms with van der Waals surface area (Å²) in [5.74, 6) is 0.826. The van der Waals surface area contributed by atoms with Crippen molar-refractivity contribution in [1.29, 1.82) is 0 Å². The van der Waals surface area contributed by atoms with Gasteiger partial charge in [0.2, 0.25) is 0 Å². The first-order valence-corrected chi connectivity index (χ1v) is 9.78. The molecule has 0 spiro atoms. The second-order valence-corrected chi connectivity index (χ2v) is 7.75. The van der Waals surface area contributed by atoms with Crippen LogP contribution < -0.4 is 10.2 Å². The molecule has 0 aliphatic carbocycles. The number of hydrogen-bond acceptors (Lipinski definition) is 5. The van der Waals surface area contributed by atoms with Crippen molar-refractivity contribution in [3.63, 3.8) is 0 Å². The van der Waals surface area contributed by atoms with E-state index >= 15 is 0 Å². The molecule has 0 bridgehead atoms. The predicted octanol–water partition coefficient (Wildman–Crippen LogP) is 2.69. The molecule has 1 N–H and O–H groups in total. The van der Waals surface area contributed by atoms with Gasteiger partial charge in [-0.05, 0) is 43.2 Å². The minimum atomic E-state index is -0.0724. The maximum Gasteiger partial charge on any atom is 0.251 e. The summed E-state index contributed by atoms with van der Waals surface area (Å²) >= 11 is 0. The van der Waals surface area contributed by atoms with E-state index in [1.807, 2.05) is 55.4 Å². The average Bonchev–Trinajstić information content (AvgIpc) is 2.66. The fraction of sp³-hybridized carbons (Fsp3) is 0.455. The van der Waals surface area contributed by atoms with Crippen LogP contribution in [0, 0.1) is 0 Å². The second kappa shape index (κ2) is 9.17. The fourth-order valence-electron chi connectivity index (χ4n) is 3.50. The SMILES string of the molecule is CC1CN(Cc2ccc(C(=O)NCc3ccc(N(C)C)nc3)cc2)CC(C)O1. The third-order valence-electron chi connectivity index (χ3n) is 4.84. The van der Waals surface area contributed by atoms with E-state index in [1.165, 1.54) is 5.56 Å². The highest BCUT2D eigenvalue weighted by molar-refractivity contribution is 5.94. The quantitative estimate of drug-likeness (QED) is 0.832. The van der Waals surface area contributed by atoms with Gasteiger partial charge in [-0.1, -0.05) is 18.2 Å². The molecule has 6 nitrogen and oxygen atoms in total. The molecule has 150 valence electrons. The molecule has 1 amide bonds. The van der Waals surface area contributed by atoms with Crippen LogP contribution >= 0.6 is 0 Å². The summed E-state index contributed by atoms with van der Waals surface area (Å²) in [6.07, 6.45) is 2.31. The van der Waals surface area contributed by atoms with Crippen LogP contribution in [0.25, 0.3) is 0 Å². The lowest BCUT2D eigenvalue weighted by Crippen LogP contribution is -2.44. The van der Waals surface area contributed by atoms with Crippen LogP contribution in [0.2, 0.25) is 0 Å². The molecular weight excluding hydrogens is 352 g/mol. The first kappa shape index (κ1) is 20.3. The van der Waals surface area contributed by atoms with E-state index in [0.29, 0.717) is 12.1 Å². The molecule has 1 aromatic carbocycles. The van der Waals surface area contributed by atoms with Gasteiger partial charge in [-0.15, -0.1) is 0 Å². The lowest BCUT2D eigenvalue weighted by Gasteiger charge is -2.35.